The van der Waals surface area contributed by atoms with E-state index in [1.165, 1.54) is 0 Å². The molecule has 3 aromatic heterocycles. The number of nitrogens with one attached hydrogen (secondary N) is 6. The van der Waals surface area contributed by atoms with Gasteiger partial charge in [0.2, 0.25) is 0 Å². The number of nitrogens with two attached hydrogens (primary N) is 6. The molecule has 0 unspecified atom stereocenters. The molecule has 0 bridgehead atoms. The number of aromatic amines is 3. The van der Waals surface area contributed by atoms with Crippen LogP contribution >= 0.6 is 0 Å². The van der Waals surface area contributed by atoms with Gasteiger partial charge in [0.1, 0.15) is 0 Å². The second-order valence-corrected chi connectivity index (χ2v) is 22.2. The fourth-order valence-electron chi connectivity index (χ4n) is 11.2. The van der Waals surface area contributed by atoms with Gasteiger partial charge < -0.3 is 65.3 Å². The normalized spacial score (nSPS) is 13.7. The average Bonchev–Trinajstić information content (AvgIpc) is 4.45. The van der Waals surface area contributed by atoms with Crippen molar-refractivity contribution < 1.29 is 28.8 Å². The van der Waals surface area contributed by atoms with Crippen LogP contribution in [-0.2, 0) is 48.0 Å². The van der Waals surface area contributed by atoms with Crippen LogP contribution in [0.15, 0.2) is 164 Å². The molecule has 0 aliphatic heterocycles. The van der Waals surface area contributed by atoms with Gasteiger partial charge in [0.15, 0.2) is 34.0 Å². The molecule has 3 heterocycles. The Hall–Kier alpha value is -8.88. The van der Waals surface area contributed by atoms with Gasteiger partial charge in [-0.2, -0.15) is 0 Å². The lowest BCUT2D eigenvalue weighted by molar-refractivity contribution is -0.134. The van der Waals surface area contributed by atoms with Crippen molar-refractivity contribution in [3.05, 3.63) is 198 Å². The third-order valence-corrected chi connectivity index (χ3v) is 16.4. The van der Waals surface area contributed by atoms with Gasteiger partial charge in [-0.25, -0.2) is 0 Å². The van der Waals surface area contributed by atoms with Crippen molar-refractivity contribution in [3.8, 4) is 0 Å². The molecule has 3 atom stereocenters. The summed E-state index contributed by atoms with van der Waals surface area (Å²) in [5.41, 5.74) is 40.8. The molecular weight excluding hydrogens is 1070 g/mol. The predicted octanol–water partition coefficient (Wildman–Crippen LogP) is 8.04. The number of anilines is 3. The summed E-state index contributed by atoms with van der Waals surface area (Å²) in [6.07, 6.45) is 8.53. The number of ketones is 3. The van der Waals surface area contributed by atoms with Crippen molar-refractivity contribution in [1.29, 1.82) is 0 Å². The average molecular weight is 1150 g/mol. The Morgan fingerprint density at radius 3 is 0.882 bits per heavy atom. The van der Waals surface area contributed by atoms with Crippen LogP contribution in [0.5, 0.6) is 0 Å². The standard InChI is InChI=1S/C67H76N12O6/c68-34-10-7-31-65(71,58(80)37-46-40-74-55-16-4-1-13-52(46)55)62(83)77-49-25-19-43(20-26-49)61(44-21-27-50(28-22-44)78-63(84)66(72,32-8-11-35-69)59(81)38-47-41-75-56-17-5-2-14-53(47)56)45-23-29-51(30-24-45)79-64(85)67(73,33-9-12-36-70)60(82)39-48-42-76-57-18-6-3-15-54(48)57/h1-6,13-30,40-42,61,74-76H,7-12,31-39,68-73H2,(H,77,83)(H,78,84)(H,79,85)/t65-,66-,67-/m1/s1. The lowest BCUT2D eigenvalue weighted by Gasteiger charge is -2.28. The van der Waals surface area contributed by atoms with Gasteiger partial charge in [0.05, 0.1) is 0 Å². The number of amides is 3. The second kappa shape index (κ2) is 27.2. The number of Topliss-reactive ketones (excluding diaryl/α,β-unsaturated/α-hetero) is 3. The molecule has 18 N–H and O–H groups in total. The lowest BCUT2D eigenvalue weighted by atomic mass is 9.83. The third-order valence-electron chi connectivity index (χ3n) is 16.4. The van der Waals surface area contributed by atoms with Gasteiger partial charge in [0.25, 0.3) is 17.7 Å². The molecule has 9 rings (SSSR count). The van der Waals surface area contributed by atoms with Crippen LogP contribution in [0.1, 0.15) is 97.1 Å². The van der Waals surface area contributed by atoms with E-state index < -0.39 is 57.6 Å². The highest BCUT2D eigenvalue weighted by Crippen LogP contribution is 2.35. The number of aromatic nitrogens is 3. The van der Waals surface area contributed by atoms with Crippen molar-refractivity contribution in [2.24, 2.45) is 34.4 Å². The Kier molecular flexibility index (Phi) is 19.4. The molecule has 85 heavy (non-hydrogen) atoms. The van der Waals surface area contributed by atoms with E-state index in [1.54, 1.807) is 55.0 Å². The topological polar surface area (TPSA) is 342 Å². The molecule has 0 saturated heterocycles. The first-order valence-corrected chi connectivity index (χ1v) is 29.0. The van der Waals surface area contributed by atoms with E-state index >= 15 is 0 Å². The van der Waals surface area contributed by atoms with Crippen LogP contribution < -0.4 is 50.4 Å². The van der Waals surface area contributed by atoms with Gasteiger partial charge in [0, 0.05) is 93.5 Å². The molecule has 9 aromatic rings. The molecule has 0 saturated carbocycles. The van der Waals surface area contributed by atoms with E-state index in [1.807, 2.05) is 109 Å². The van der Waals surface area contributed by atoms with E-state index in [0.29, 0.717) is 75.2 Å². The number of benzene rings is 6. The lowest BCUT2D eigenvalue weighted by Crippen LogP contribution is -2.58. The Morgan fingerprint density at radius 2 is 0.624 bits per heavy atom. The largest absolute Gasteiger partial charge is 0.361 e. The van der Waals surface area contributed by atoms with Gasteiger partial charge in [-0.3, -0.25) is 28.8 Å². The van der Waals surface area contributed by atoms with E-state index in [4.69, 9.17) is 34.4 Å². The van der Waals surface area contributed by atoms with E-state index in [0.717, 1.165) is 66.1 Å². The van der Waals surface area contributed by atoms with Crippen LogP contribution in [0.25, 0.3) is 32.7 Å². The molecule has 0 spiro atoms. The van der Waals surface area contributed by atoms with Crippen LogP contribution in [-0.4, -0.2) is 86.3 Å². The third kappa shape index (κ3) is 13.7. The highest BCUT2D eigenvalue weighted by atomic mass is 16.2. The number of carbonyl (C=O) groups is 6. The zero-order valence-corrected chi connectivity index (χ0v) is 47.7. The van der Waals surface area contributed by atoms with Crippen molar-refractivity contribution in [3.63, 3.8) is 0 Å². The first-order valence-electron chi connectivity index (χ1n) is 29.0. The number of rotatable bonds is 30. The second-order valence-electron chi connectivity index (χ2n) is 22.2. The smallest absolute Gasteiger partial charge is 0.252 e. The molecule has 0 fully saturated rings. The zero-order valence-electron chi connectivity index (χ0n) is 47.7. The van der Waals surface area contributed by atoms with Gasteiger partial charge >= 0.3 is 0 Å². The first-order chi connectivity index (χ1) is 41.1. The maximum Gasteiger partial charge on any atom is 0.252 e. The summed E-state index contributed by atoms with van der Waals surface area (Å²) < 4.78 is 0. The molecule has 3 amide bonds. The van der Waals surface area contributed by atoms with Crippen LogP contribution in [0.2, 0.25) is 0 Å². The molecule has 6 aromatic carbocycles. The monoisotopic (exact) mass is 1140 g/mol. The van der Waals surface area contributed by atoms with Crippen molar-refractivity contribution in [2.75, 3.05) is 35.6 Å². The number of unbranched alkanes of at least 4 members (excludes halogenated alkanes) is 3. The number of H-pyrrole nitrogens is 3. The maximum atomic E-state index is 14.3. The minimum atomic E-state index is -1.86. The number of fused-ring (bicyclic) bond motifs is 3. The highest BCUT2D eigenvalue weighted by molar-refractivity contribution is 6.18. The Labute approximate surface area is 493 Å². The van der Waals surface area contributed by atoms with Crippen LogP contribution in [0.4, 0.5) is 17.1 Å². The number of hydrogen-bond acceptors (Lipinski definition) is 12. The molecular formula is C67H76N12O6. The summed E-state index contributed by atoms with van der Waals surface area (Å²) >= 11 is 0. The van der Waals surface area contributed by atoms with Gasteiger partial charge in [-0.15, -0.1) is 0 Å². The summed E-state index contributed by atoms with van der Waals surface area (Å²) in [7, 11) is 0. The van der Waals surface area contributed by atoms with Gasteiger partial charge in [-0.1, -0.05) is 91.0 Å². The Bertz CT molecular complexity index is 3420. The number of hydrogen-bond donors (Lipinski definition) is 12. The summed E-state index contributed by atoms with van der Waals surface area (Å²) in [6, 6.07) is 44.5. The van der Waals surface area contributed by atoms with Crippen LogP contribution in [0, 0.1) is 0 Å². The van der Waals surface area contributed by atoms with Crippen molar-refractivity contribution in [1.82, 2.24) is 15.0 Å². The first kappa shape index (κ1) is 60.7. The minimum absolute atomic E-state index is 0.0558. The zero-order chi connectivity index (χ0) is 60.1. The Morgan fingerprint density at radius 1 is 0.365 bits per heavy atom. The fraction of sp³-hybridized carbons (Fsp3) is 0.284. The van der Waals surface area contributed by atoms with Crippen molar-refractivity contribution in [2.45, 2.75) is 99.6 Å². The van der Waals surface area contributed by atoms with E-state index in [9.17, 15) is 28.8 Å². The van der Waals surface area contributed by atoms with E-state index in [2.05, 4.69) is 30.9 Å². The summed E-state index contributed by atoms with van der Waals surface area (Å²) in [4.78, 5) is 94.9. The maximum absolute atomic E-state index is 14.3. The fourth-order valence-corrected chi connectivity index (χ4v) is 11.2. The summed E-state index contributed by atoms with van der Waals surface area (Å²) in [5.74, 6) is -3.69. The molecule has 0 radical (unpaired) electrons. The highest BCUT2D eigenvalue weighted by Gasteiger charge is 2.44. The van der Waals surface area contributed by atoms with Gasteiger partial charge in [-0.05, 0) is 165 Å². The minimum Gasteiger partial charge on any atom is -0.361 e. The number of para-hydroxylation sites is 3. The van der Waals surface area contributed by atoms with Crippen molar-refractivity contribution >= 4 is 84.8 Å². The quantitative estimate of drug-likeness (QED) is 0.0116. The predicted molar refractivity (Wildman–Crippen MR) is 337 cm³/mol. The summed E-state index contributed by atoms with van der Waals surface area (Å²) in [5, 5.41) is 11.4. The summed E-state index contributed by atoms with van der Waals surface area (Å²) in [6.45, 7) is 1.13. The molecule has 0 aliphatic carbocycles. The molecule has 18 heteroatoms. The van der Waals surface area contributed by atoms with Crippen LogP contribution in [0.3, 0.4) is 0 Å². The molecule has 440 valence electrons. The Balaban J connectivity index is 0.984. The molecule has 18 nitrogen and oxygen atoms in total. The van der Waals surface area contributed by atoms with E-state index in [-0.39, 0.29) is 38.5 Å². The number of carbonyl (C=O) groups excluding carboxylic acids is 6. The molecule has 0 aliphatic rings. The SMILES string of the molecule is NCCCC[C@@](N)(C(=O)Cc1c[nH]c2ccccc12)C(=O)Nc1ccc(C(c2ccc(NC(=O)[C@@](N)(CCCCN)C(=O)Cc3c[nH]c4ccccc34)cc2)c2ccc(NC(=O)[C@@](N)(CCCCN)C(=O)Cc3c[nH]c4ccccc34)cc2)cc1.